The van der Waals surface area contributed by atoms with Crippen LogP contribution in [0, 0.1) is 16.7 Å². The monoisotopic (exact) mass is 637 g/mol. The van der Waals surface area contributed by atoms with Crippen LogP contribution in [-0.2, 0) is 9.53 Å². The van der Waals surface area contributed by atoms with Gasteiger partial charge in [0, 0.05) is 55.4 Å². The maximum Gasteiger partial charge on any atom is 0.410 e. The summed E-state index contributed by atoms with van der Waals surface area (Å²) in [4.78, 5) is 38.2. The third-order valence-electron chi connectivity index (χ3n) is 6.94. The van der Waals surface area contributed by atoms with Crippen molar-refractivity contribution in [3.05, 3.63) is 72.5 Å². The molecule has 12 heteroatoms. The smallest absolute Gasteiger partial charge is 0.410 e. The average Bonchev–Trinajstić information content (AvgIpc) is 3.48. The maximum atomic E-state index is 12.7. The molecule has 1 saturated heterocycles. The van der Waals surface area contributed by atoms with Crippen molar-refractivity contribution in [1.29, 1.82) is 5.26 Å². The van der Waals surface area contributed by atoms with E-state index in [-0.39, 0.29) is 23.0 Å². The number of nitrogens with zero attached hydrogens (tertiary/aromatic N) is 5. The number of nitrogens with one attached hydrogen (secondary N) is 2. The molecule has 244 valence electrons. The second kappa shape index (κ2) is 13.4. The highest BCUT2D eigenvalue weighted by atomic mass is 16.6. The summed E-state index contributed by atoms with van der Waals surface area (Å²) in [5.74, 6) is 0.397. The Bertz CT molecular complexity index is 1820. The summed E-state index contributed by atoms with van der Waals surface area (Å²) in [5.41, 5.74) is 2.36. The molecule has 1 aliphatic rings. The van der Waals surface area contributed by atoms with Gasteiger partial charge in [-0.1, -0.05) is 32.9 Å². The van der Waals surface area contributed by atoms with E-state index in [1.807, 2.05) is 71.9 Å². The van der Waals surface area contributed by atoms with Gasteiger partial charge in [-0.25, -0.2) is 9.78 Å². The minimum atomic E-state index is -0.520. The van der Waals surface area contributed by atoms with Crippen molar-refractivity contribution in [2.75, 3.05) is 41.7 Å². The normalized spacial score (nSPS) is 14.0. The van der Waals surface area contributed by atoms with Gasteiger partial charge in [-0.15, -0.1) is 0 Å². The molecule has 47 heavy (non-hydrogen) atoms. The lowest BCUT2D eigenvalue weighted by Crippen LogP contribution is -2.50. The van der Waals surface area contributed by atoms with Gasteiger partial charge >= 0.3 is 6.09 Å². The van der Waals surface area contributed by atoms with Crippen LogP contribution in [0.2, 0.25) is 0 Å². The number of hydrogen-bond acceptors (Lipinski definition) is 10. The third-order valence-corrected chi connectivity index (χ3v) is 6.94. The number of rotatable bonds is 7. The Balaban J connectivity index is 1.25. The number of fused-ring (bicyclic) bond motifs is 1. The van der Waals surface area contributed by atoms with E-state index in [0.29, 0.717) is 54.7 Å². The molecule has 0 unspecified atom stereocenters. The van der Waals surface area contributed by atoms with Gasteiger partial charge in [-0.3, -0.25) is 4.79 Å². The highest BCUT2D eigenvalue weighted by Gasteiger charge is 2.26. The summed E-state index contributed by atoms with van der Waals surface area (Å²) in [7, 11) is 0. The summed E-state index contributed by atoms with van der Waals surface area (Å²) in [6.45, 7) is 13.9. The van der Waals surface area contributed by atoms with Crippen LogP contribution in [0.1, 0.15) is 41.5 Å². The average molecular weight is 638 g/mol. The van der Waals surface area contributed by atoms with Crippen molar-refractivity contribution < 1.29 is 23.5 Å². The standard InChI is InChI=1S/C35H39N7O5/c1-34(2,3)21-23(22-36)30(43)37-25-8-7-9-27(20-25)46-31-29-28(14-19-45-29)39-32(40-31)38-24-10-12-26(13-11-24)41-15-17-42(18-16-41)33(44)47-35(4,5)6/h7-14,19-21H,15-18H2,1-6H3,(H,37,43)(H,38,39,40)/b23-21+. The molecule has 0 aliphatic carbocycles. The van der Waals surface area contributed by atoms with E-state index in [4.69, 9.17) is 13.9 Å². The molecular weight excluding hydrogens is 598 g/mol. The zero-order valence-corrected chi connectivity index (χ0v) is 27.5. The van der Waals surface area contributed by atoms with E-state index in [2.05, 4.69) is 25.5 Å². The number of amides is 2. The molecule has 0 radical (unpaired) electrons. The number of carbonyl (C=O) groups is 2. The van der Waals surface area contributed by atoms with Gasteiger partial charge in [0.2, 0.25) is 11.5 Å². The van der Waals surface area contributed by atoms with Gasteiger partial charge in [0.25, 0.3) is 11.8 Å². The van der Waals surface area contributed by atoms with Gasteiger partial charge in [0.1, 0.15) is 28.5 Å². The Morgan fingerprint density at radius 2 is 1.68 bits per heavy atom. The molecule has 2 aromatic carbocycles. The first-order valence-electron chi connectivity index (χ1n) is 15.3. The molecule has 5 rings (SSSR count). The van der Waals surface area contributed by atoms with E-state index in [9.17, 15) is 14.9 Å². The summed E-state index contributed by atoms with van der Waals surface area (Å²) < 4.78 is 17.2. The van der Waals surface area contributed by atoms with E-state index in [1.54, 1.807) is 41.3 Å². The Labute approximate surface area is 274 Å². The van der Waals surface area contributed by atoms with Gasteiger partial charge in [0.05, 0.1) is 6.26 Å². The first kappa shape index (κ1) is 32.8. The SMILES string of the molecule is CC(C)(C)/C=C(\C#N)C(=O)Nc1cccc(Oc2nc(Nc3ccc(N4CCN(C(=O)OC(C)(C)C)CC4)cc3)nc3ccoc23)c1. The predicted molar refractivity (Wildman–Crippen MR) is 180 cm³/mol. The number of aromatic nitrogens is 2. The van der Waals surface area contributed by atoms with Crippen molar-refractivity contribution in [1.82, 2.24) is 14.9 Å². The molecule has 4 aromatic rings. The first-order chi connectivity index (χ1) is 22.3. The lowest BCUT2D eigenvalue weighted by atomic mass is 9.93. The molecule has 2 amide bonds. The number of benzene rings is 2. The topological polar surface area (TPSA) is 146 Å². The highest BCUT2D eigenvalue weighted by Crippen LogP contribution is 2.32. The van der Waals surface area contributed by atoms with Crippen LogP contribution < -0.4 is 20.3 Å². The molecule has 1 fully saturated rings. The molecular formula is C35H39N7O5. The summed E-state index contributed by atoms with van der Waals surface area (Å²) >= 11 is 0. The van der Waals surface area contributed by atoms with Crippen molar-refractivity contribution in [3.63, 3.8) is 0 Å². The number of allylic oxidation sites excluding steroid dienone is 1. The highest BCUT2D eigenvalue weighted by molar-refractivity contribution is 6.06. The zero-order valence-electron chi connectivity index (χ0n) is 27.5. The number of anilines is 4. The van der Waals surface area contributed by atoms with E-state index >= 15 is 0 Å². The van der Waals surface area contributed by atoms with Gasteiger partial charge < -0.3 is 34.3 Å². The van der Waals surface area contributed by atoms with Crippen LogP contribution in [0.15, 0.2) is 76.9 Å². The number of hydrogen-bond donors (Lipinski definition) is 2. The second-order valence-electron chi connectivity index (χ2n) is 13.2. The number of furan rings is 1. The van der Waals surface area contributed by atoms with Crippen LogP contribution in [0.3, 0.4) is 0 Å². The van der Waals surface area contributed by atoms with E-state index in [1.165, 1.54) is 6.26 Å². The fourth-order valence-electron chi connectivity index (χ4n) is 4.85. The minimum Gasteiger partial charge on any atom is -0.457 e. The molecule has 1 aliphatic heterocycles. The minimum absolute atomic E-state index is 0.0291. The number of carbonyl (C=O) groups excluding carboxylic acids is 2. The van der Waals surface area contributed by atoms with Crippen molar-refractivity contribution in [3.8, 4) is 17.7 Å². The molecule has 3 heterocycles. The molecule has 12 nitrogen and oxygen atoms in total. The molecule has 0 saturated carbocycles. The van der Waals surface area contributed by atoms with Gasteiger partial charge in [-0.05, 0) is 62.6 Å². The van der Waals surface area contributed by atoms with Crippen LogP contribution in [0.25, 0.3) is 11.1 Å². The van der Waals surface area contributed by atoms with E-state index in [0.717, 1.165) is 11.4 Å². The quantitative estimate of drug-likeness (QED) is 0.157. The lowest BCUT2D eigenvalue weighted by Gasteiger charge is -2.36. The number of nitriles is 1. The van der Waals surface area contributed by atoms with Crippen molar-refractivity contribution in [2.24, 2.45) is 5.41 Å². The Hall–Kier alpha value is -5.57. The Kier molecular flexibility index (Phi) is 9.37. The van der Waals surface area contributed by atoms with Gasteiger partial charge in [-0.2, -0.15) is 10.2 Å². The fraction of sp³-hybridized carbons (Fsp3) is 0.343. The fourth-order valence-corrected chi connectivity index (χ4v) is 4.85. The first-order valence-corrected chi connectivity index (χ1v) is 15.3. The molecule has 0 bridgehead atoms. The Morgan fingerprint density at radius 3 is 2.34 bits per heavy atom. The molecule has 0 spiro atoms. The lowest BCUT2D eigenvalue weighted by molar-refractivity contribution is -0.112. The number of piperazine rings is 1. The van der Waals surface area contributed by atoms with Crippen molar-refractivity contribution >= 4 is 46.1 Å². The summed E-state index contributed by atoms with van der Waals surface area (Å²) in [6.07, 6.45) is 2.86. The third kappa shape index (κ3) is 8.79. The van der Waals surface area contributed by atoms with Gasteiger partial charge in [0.15, 0.2) is 0 Å². The molecule has 2 N–H and O–H groups in total. The molecule has 2 aromatic heterocycles. The maximum absolute atomic E-state index is 12.7. The van der Waals surface area contributed by atoms with Crippen LogP contribution in [0.5, 0.6) is 11.6 Å². The molecule has 0 atom stereocenters. The number of ether oxygens (including phenoxy) is 2. The largest absolute Gasteiger partial charge is 0.457 e. The van der Waals surface area contributed by atoms with Crippen molar-refractivity contribution in [2.45, 2.75) is 47.1 Å². The summed E-state index contributed by atoms with van der Waals surface area (Å²) in [6, 6.07) is 18.4. The second-order valence-corrected chi connectivity index (χ2v) is 13.2. The van der Waals surface area contributed by atoms with Crippen LogP contribution in [-0.4, -0.2) is 58.6 Å². The Morgan fingerprint density at radius 1 is 0.957 bits per heavy atom. The summed E-state index contributed by atoms with van der Waals surface area (Å²) in [5, 5.41) is 15.5. The van der Waals surface area contributed by atoms with Crippen LogP contribution >= 0.6 is 0 Å². The predicted octanol–water partition coefficient (Wildman–Crippen LogP) is 7.25. The van der Waals surface area contributed by atoms with E-state index < -0.39 is 11.5 Å². The zero-order chi connectivity index (χ0) is 33.8. The van der Waals surface area contributed by atoms with Crippen LogP contribution in [0.4, 0.5) is 27.8 Å².